The summed E-state index contributed by atoms with van der Waals surface area (Å²) in [5.41, 5.74) is -1.79. The fourth-order valence-corrected chi connectivity index (χ4v) is 3.55. The van der Waals surface area contributed by atoms with Crippen LogP contribution in [-0.4, -0.2) is 27.7 Å². The van der Waals surface area contributed by atoms with Crippen LogP contribution in [0.1, 0.15) is 57.6 Å². The van der Waals surface area contributed by atoms with Gasteiger partial charge in [0, 0.05) is 12.6 Å². The maximum absolute atomic E-state index is 14.0. The summed E-state index contributed by atoms with van der Waals surface area (Å²) in [4.78, 5) is 36.8. The lowest BCUT2D eigenvalue weighted by Gasteiger charge is -2.18. The van der Waals surface area contributed by atoms with Crippen molar-refractivity contribution >= 4 is 5.91 Å². The Morgan fingerprint density at radius 1 is 1.16 bits per heavy atom. The zero-order chi connectivity index (χ0) is 17.8. The fourth-order valence-electron chi connectivity index (χ4n) is 3.55. The van der Waals surface area contributed by atoms with E-state index in [1.54, 1.807) is 0 Å². The average Bonchev–Trinajstić information content (AvgIpc) is 3.00. The van der Waals surface area contributed by atoms with E-state index in [4.69, 9.17) is 4.74 Å². The largest absolute Gasteiger partial charge is 0.358 e. The first-order valence-electron chi connectivity index (χ1n) is 8.98. The quantitative estimate of drug-likeness (QED) is 0.827. The minimum atomic E-state index is -1.07. The highest BCUT2D eigenvalue weighted by Gasteiger charge is 2.23. The van der Waals surface area contributed by atoms with Crippen molar-refractivity contribution in [2.24, 2.45) is 0 Å². The predicted octanol–water partition coefficient (Wildman–Crippen LogP) is 1.30. The molecule has 8 heteroatoms. The molecule has 1 atom stereocenters. The van der Waals surface area contributed by atoms with Crippen LogP contribution in [0, 0.1) is 5.82 Å². The minimum Gasteiger partial charge on any atom is -0.358 e. The van der Waals surface area contributed by atoms with E-state index in [9.17, 15) is 18.8 Å². The van der Waals surface area contributed by atoms with Crippen molar-refractivity contribution in [1.29, 1.82) is 0 Å². The lowest BCUT2D eigenvalue weighted by Crippen LogP contribution is -2.47. The van der Waals surface area contributed by atoms with E-state index in [1.165, 1.54) is 0 Å². The highest BCUT2D eigenvalue weighted by Crippen LogP contribution is 2.20. The normalized spacial score (nSPS) is 21.9. The van der Waals surface area contributed by atoms with Crippen LogP contribution in [0.15, 0.2) is 15.8 Å². The molecule has 2 aliphatic rings. The molecule has 1 saturated carbocycles. The molecule has 0 spiro atoms. The summed E-state index contributed by atoms with van der Waals surface area (Å²) in [5, 5.41) is 2.87. The van der Waals surface area contributed by atoms with Gasteiger partial charge in [0.1, 0.15) is 12.8 Å². The summed E-state index contributed by atoms with van der Waals surface area (Å²) in [5.74, 6) is -1.49. The van der Waals surface area contributed by atoms with Gasteiger partial charge in [0.15, 0.2) is 0 Å². The Morgan fingerprint density at radius 3 is 2.52 bits per heavy atom. The molecule has 1 aromatic rings. The molecule has 1 N–H and O–H groups in total. The van der Waals surface area contributed by atoms with E-state index in [0.29, 0.717) is 17.6 Å². The second kappa shape index (κ2) is 7.95. The van der Waals surface area contributed by atoms with Gasteiger partial charge in [-0.25, -0.2) is 9.36 Å². The second-order valence-corrected chi connectivity index (χ2v) is 6.78. The molecule has 1 saturated heterocycles. The molecule has 0 radical (unpaired) electrons. The van der Waals surface area contributed by atoms with Crippen molar-refractivity contribution in [3.8, 4) is 0 Å². The third-order valence-electron chi connectivity index (χ3n) is 4.89. The van der Waals surface area contributed by atoms with Crippen molar-refractivity contribution in [2.45, 2.75) is 70.2 Å². The van der Waals surface area contributed by atoms with Gasteiger partial charge in [0.2, 0.25) is 11.7 Å². The van der Waals surface area contributed by atoms with Gasteiger partial charge in [-0.15, -0.1) is 0 Å². The number of ether oxygens (including phenoxy) is 1. The number of hydrogen-bond donors (Lipinski definition) is 1. The molecule has 1 amide bonds. The molecular formula is C17H24FN3O4. The number of aromatic nitrogens is 2. The van der Waals surface area contributed by atoms with E-state index in [2.05, 4.69) is 5.32 Å². The van der Waals surface area contributed by atoms with E-state index in [1.807, 2.05) is 0 Å². The van der Waals surface area contributed by atoms with Crippen LogP contribution in [-0.2, 0) is 16.1 Å². The van der Waals surface area contributed by atoms with Crippen molar-refractivity contribution in [2.75, 3.05) is 6.61 Å². The summed E-state index contributed by atoms with van der Waals surface area (Å²) in [6.07, 6.45) is 7.83. The van der Waals surface area contributed by atoms with Gasteiger partial charge in [0.25, 0.3) is 5.56 Å². The molecule has 3 rings (SSSR count). The SMILES string of the molecule is O=C(Cn1c(=O)c(F)cn([C@H]2CCCO2)c1=O)NC1CCCCCC1. The first kappa shape index (κ1) is 17.8. The molecule has 1 aliphatic heterocycles. The van der Waals surface area contributed by atoms with Crippen molar-refractivity contribution < 1.29 is 13.9 Å². The molecule has 2 fully saturated rings. The minimum absolute atomic E-state index is 0.0552. The van der Waals surface area contributed by atoms with E-state index < -0.39 is 35.7 Å². The van der Waals surface area contributed by atoms with Crippen LogP contribution < -0.4 is 16.6 Å². The standard InChI is InChI=1S/C17H24FN3O4/c18-13-10-20(15-8-5-9-25-15)17(24)21(16(13)23)11-14(22)19-12-6-3-1-2-4-7-12/h10,12,15H,1-9,11H2,(H,19,22)/t15-/m1/s1. The van der Waals surface area contributed by atoms with E-state index in [-0.39, 0.29) is 6.04 Å². The Balaban J connectivity index is 1.77. The third kappa shape index (κ3) is 4.18. The van der Waals surface area contributed by atoms with Crippen molar-refractivity contribution in [3.05, 3.63) is 32.9 Å². The van der Waals surface area contributed by atoms with Crippen LogP contribution in [0.25, 0.3) is 0 Å². The number of amides is 1. The molecule has 0 bridgehead atoms. The fraction of sp³-hybridized carbons (Fsp3) is 0.706. The van der Waals surface area contributed by atoms with Gasteiger partial charge in [-0.05, 0) is 25.7 Å². The number of carbonyl (C=O) groups is 1. The van der Waals surface area contributed by atoms with E-state index >= 15 is 0 Å². The molecule has 7 nitrogen and oxygen atoms in total. The molecule has 138 valence electrons. The Morgan fingerprint density at radius 2 is 1.88 bits per heavy atom. The number of halogens is 1. The van der Waals surface area contributed by atoms with Gasteiger partial charge in [-0.3, -0.25) is 14.2 Å². The summed E-state index contributed by atoms with van der Waals surface area (Å²) in [6.45, 7) is 0.0126. The molecule has 1 aliphatic carbocycles. The van der Waals surface area contributed by atoms with Crippen LogP contribution in [0.2, 0.25) is 0 Å². The van der Waals surface area contributed by atoms with Crippen LogP contribution >= 0.6 is 0 Å². The Hall–Kier alpha value is -1.96. The van der Waals surface area contributed by atoms with Crippen LogP contribution in [0.5, 0.6) is 0 Å². The summed E-state index contributed by atoms with van der Waals surface area (Å²) in [7, 11) is 0. The van der Waals surface area contributed by atoms with Gasteiger partial charge in [-0.1, -0.05) is 25.7 Å². The van der Waals surface area contributed by atoms with Gasteiger partial charge >= 0.3 is 5.69 Å². The molecule has 1 aromatic heterocycles. The van der Waals surface area contributed by atoms with Crippen LogP contribution in [0.3, 0.4) is 0 Å². The number of carbonyl (C=O) groups excluding carboxylic acids is 1. The van der Waals surface area contributed by atoms with Gasteiger partial charge < -0.3 is 10.1 Å². The summed E-state index contributed by atoms with van der Waals surface area (Å²) < 4.78 is 21.1. The summed E-state index contributed by atoms with van der Waals surface area (Å²) in [6, 6.07) is 0.0552. The Labute approximate surface area is 144 Å². The molecule has 25 heavy (non-hydrogen) atoms. The van der Waals surface area contributed by atoms with Gasteiger partial charge in [0.05, 0.1) is 6.20 Å². The zero-order valence-corrected chi connectivity index (χ0v) is 14.2. The van der Waals surface area contributed by atoms with Crippen molar-refractivity contribution in [3.63, 3.8) is 0 Å². The third-order valence-corrected chi connectivity index (χ3v) is 4.89. The summed E-state index contributed by atoms with van der Waals surface area (Å²) >= 11 is 0. The molecule has 0 aromatic carbocycles. The Bertz CT molecular complexity index is 728. The Kier molecular flexibility index (Phi) is 5.67. The smallest absolute Gasteiger partial charge is 0.333 e. The monoisotopic (exact) mass is 353 g/mol. The topological polar surface area (TPSA) is 82.3 Å². The highest BCUT2D eigenvalue weighted by atomic mass is 19.1. The van der Waals surface area contributed by atoms with Gasteiger partial charge in [-0.2, -0.15) is 4.39 Å². The highest BCUT2D eigenvalue weighted by molar-refractivity contribution is 5.76. The first-order chi connectivity index (χ1) is 12.1. The lowest BCUT2D eigenvalue weighted by atomic mass is 10.1. The molecular weight excluding hydrogens is 329 g/mol. The first-order valence-corrected chi connectivity index (χ1v) is 8.98. The predicted molar refractivity (Wildman–Crippen MR) is 88.8 cm³/mol. The number of nitrogens with zero attached hydrogens (tertiary/aromatic N) is 2. The molecule has 2 heterocycles. The van der Waals surface area contributed by atoms with Crippen molar-refractivity contribution in [1.82, 2.24) is 14.5 Å². The maximum Gasteiger partial charge on any atom is 0.333 e. The van der Waals surface area contributed by atoms with Crippen LogP contribution in [0.4, 0.5) is 4.39 Å². The maximum atomic E-state index is 14.0. The molecule has 0 unspecified atom stereocenters. The number of nitrogens with one attached hydrogen (secondary N) is 1. The van der Waals surface area contributed by atoms with E-state index in [0.717, 1.165) is 55.7 Å². The number of rotatable bonds is 4. The average molecular weight is 353 g/mol. The lowest BCUT2D eigenvalue weighted by molar-refractivity contribution is -0.122. The number of hydrogen-bond acceptors (Lipinski definition) is 4. The second-order valence-electron chi connectivity index (χ2n) is 6.78. The zero-order valence-electron chi connectivity index (χ0n) is 14.2.